The fraction of sp³-hybridized carbons (Fsp3) is 1.00. The largest absolute Gasteiger partial charge is 0.297 e. The molecule has 1 aliphatic carbocycles. The predicted octanol–water partition coefficient (Wildman–Crippen LogP) is 2.61. The molecule has 1 nitrogen and oxygen atoms in total. The van der Waals surface area contributed by atoms with Crippen molar-refractivity contribution in [2.24, 2.45) is 5.92 Å². The Labute approximate surface area is 80.3 Å². The van der Waals surface area contributed by atoms with E-state index in [0.29, 0.717) is 13.1 Å². The van der Waals surface area contributed by atoms with E-state index in [2.05, 4.69) is 4.90 Å². The lowest BCUT2D eigenvalue weighted by molar-refractivity contribution is 0.0494. The van der Waals surface area contributed by atoms with Crippen molar-refractivity contribution in [2.75, 3.05) is 19.6 Å². The zero-order valence-corrected chi connectivity index (χ0v) is 8.34. The van der Waals surface area contributed by atoms with Gasteiger partial charge in [-0.05, 0) is 18.8 Å². The van der Waals surface area contributed by atoms with E-state index in [1.54, 1.807) is 0 Å². The molecule has 1 saturated heterocycles. The number of alkyl halides is 1. The van der Waals surface area contributed by atoms with Crippen LogP contribution in [0.2, 0.25) is 0 Å². The Bertz CT molecular complexity index is 146. The first-order valence-corrected chi connectivity index (χ1v) is 5.71. The third kappa shape index (κ3) is 2.67. The van der Waals surface area contributed by atoms with Crippen LogP contribution in [0.4, 0.5) is 4.39 Å². The lowest BCUT2D eigenvalue weighted by atomic mass is 9.98. The van der Waals surface area contributed by atoms with Gasteiger partial charge in [-0.3, -0.25) is 4.90 Å². The van der Waals surface area contributed by atoms with Crippen LogP contribution in [0.5, 0.6) is 0 Å². The molecule has 2 heteroatoms. The van der Waals surface area contributed by atoms with Crippen LogP contribution in [-0.4, -0.2) is 30.7 Å². The SMILES string of the molecule is FC1CN(CC2CCCCCC2)C1. The molecule has 0 aromatic heterocycles. The zero-order chi connectivity index (χ0) is 9.10. The quantitative estimate of drug-likeness (QED) is 0.598. The van der Waals surface area contributed by atoms with Gasteiger partial charge < -0.3 is 0 Å². The second kappa shape index (κ2) is 4.41. The van der Waals surface area contributed by atoms with Gasteiger partial charge in [-0.25, -0.2) is 4.39 Å². The second-order valence-electron chi connectivity index (χ2n) is 4.67. The van der Waals surface area contributed by atoms with Gasteiger partial charge in [-0.15, -0.1) is 0 Å². The summed E-state index contributed by atoms with van der Waals surface area (Å²) in [5.41, 5.74) is 0. The molecule has 1 saturated carbocycles. The Morgan fingerprint density at radius 2 is 1.62 bits per heavy atom. The van der Waals surface area contributed by atoms with E-state index in [1.807, 2.05) is 0 Å². The van der Waals surface area contributed by atoms with Gasteiger partial charge in [0, 0.05) is 19.6 Å². The fourth-order valence-corrected chi connectivity index (χ4v) is 2.57. The standard InChI is InChI=1S/C11H20FN/c12-11-8-13(9-11)7-10-5-3-1-2-4-6-10/h10-11H,1-9H2. The van der Waals surface area contributed by atoms with Crippen molar-refractivity contribution in [3.05, 3.63) is 0 Å². The highest BCUT2D eigenvalue weighted by Gasteiger charge is 2.28. The van der Waals surface area contributed by atoms with E-state index in [0.717, 1.165) is 5.92 Å². The number of hydrogen-bond donors (Lipinski definition) is 0. The van der Waals surface area contributed by atoms with Gasteiger partial charge in [-0.2, -0.15) is 0 Å². The molecule has 76 valence electrons. The number of hydrogen-bond acceptors (Lipinski definition) is 1. The van der Waals surface area contributed by atoms with Crippen LogP contribution in [0.15, 0.2) is 0 Å². The van der Waals surface area contributed by atoms with Crippen LogP contribution in [-0.2, 0) is 0 Å². The smallest absolute Gasteiger partial charge is 0.125 e. The Hall–Kier alpha value is -0.110. The number of halogens is 1. The van der Waals surface area contributed by atoms with E-state index in [1.165, 1.54) is 45.1 Å². The van der Waals surface area contributed by atoms with Gasteiger partial charge in [0.15, 0.2) is 0 Å². The lowest BCUT2D eigenvalue weighted by Crippen LogP contribution is -2.50. The summed E-state index contributed by atoms with van der Waals surface area (Å²) in [6.07, 6.45) is 7.88. The summed E-state index contributed by atoms with van der Waals surface area (Å²) >= 11 is 0. The van der Waals surface area contributed by atoms with Crippen LogP contribution in [0.1, 0.15) is 38.5 Å². The molecule has 0 spiro atoms. The molecule has 0 N–H and O–H groups in total. The molecule has 2 aliphatic rings. The zero-order valence-electron chi connectivity index (χ0n) is 8.34. The van der Waals surface area contributed by atoms with Crippen molar-refractivity contribution in [1.82, 2.24) is 4.90 Å². The monoisotopic (exact) mass is 185 g/mol. The molecule has 2 rings (SSSR count). The summed E-state index contributed by atoms with van der Waals surface area (Å²) in [4.78, 5) is 2.28. The first-order chi connectivity index (χ1) is 6.34. The third-order valence-corrected chi connectivity index (χ3v) is 3.40. The summed E-state index contributed by atoms with van der Waals surface area (Å²) < 4.78 is 12.6. The molecular weight excluding hydrogens is 165 g/mol. The van der Waals surface area contributed by atoms with Gasteiger partial charge in [0.25, 0.3) is 0 Å². The Morgan fingerprint density at radius 3 is 2.15 bits per heavy atom. The van der Waals surface area contributed by atoms with Gasteiger partial charge in [0.1, 0.15) is 6.17 Å². The maximum Gasteiger partial charge on any atom is 0.125 e. The van der Waals surface area contributed by atoms with E-state index in [-0.39, 0.29) is 0 Å². The van der Waals surface area contributed by atoms with E-state index in [4.69, 9.17) is 0 Å². The molecule has 13 heavy (non-hydrogen) atoms. The lowest BCUT2D eigenvalue weighted by Gasteiger charge is -2.36. The highest BCUT2D eigenvalue weighted by atomic mass is 19.1. The average Bonchev–Trinajstić information content (AvgIpc) is 2.30. The minimum Gasteiger partial charge on any atom is -0.297 e. The number of likely N-dealkylation sites (tertiary alicyclic amines) is 1. The van der Waals surface area contributed by atoms with Gasteiger partial charge in [0.05, 0.1) is 0 Å². The van der Waals surface area contributed by atoms with Crippen LogP contribution < -0.4 is 0 Å². The van der Waals surface area contributed by atoms with E-state index >= 15 is 0 Å². The molecule has 0 aromatic carbocycles. The van der Waals surface area contributed by atoms with Gasteiger partial charge >= 0.3 is 0 Å². The van der Waals surface area contributed by atoms with Gasteiger partial charge in [0.2, 0.25) is 0 Å². The van der Waals surface area contributed by atoms with Crippen molar-refractivity contribution in [3.63, 3.8) is 0 Å². The Kier molecular flexibility index (Phi) is 3.20. The molecule has 1 aliphatic heterocycles. The van der Waals surface area contributed by atoms with Crippen molar-refractivity contribution in [1.29, 1.82) is 0 Å². The average molecular weight is 185 g/mol. The molecule has 0 unspecified atom stereocenters. The normalized spacial score (nSPS) is 28.4. The second-order valence-corrected chi connectivity index (χ2v) is 4.67. The molecular formula is C11H20FN. The molecule has 0 bridgehead atoms. The maximum atomic E-state index is 12.6. The number of nitrogens with zero attached hydrogens (tertiary/aromatic N) is 1. The van der Waals surface area contributed by atoms with E-state index < -0.39 is 6.17 Å². The minimum absolute atomic E-state index is 0.522. The minimum atomic E-state index is -0.522. The highest BCUT2D eigenvalue weighted by molar-refractivity contribution is 4.81. The van der Waals surface area contributed by atoms with Crippen LogP contribution in [0, 0.1) is 5.92 Å². The van der Waals surface area contributed by atoms with Crippen LogP contribution in [0.3, 0.4) is 0 Å². The molecule has 1 heterocycles. The first-order valence-electron chi connectivity index (χ1n) is 5.71. The summed E-state index contributed by atoms with van der Waals surface area (Å²) in [6, 6.07) is 0. The van der Waals surface area contributed by atoms with Crippen molar-refractivity contribution in [2.45, 2.75) is 44.7 Å². The third-order valence-electron chi connectivity index (χ3n) is 3.40. The van der Waals surface area contributed by atoms with Gasteiger partial charge in [-0.1, -0.05) is 25.7 Å². The Morgan fingerprint density at radius 1 is 1.00 bits per heavy atom. The maximum absolute atomic E-state index is 12.6. The van der Waals surface area contributed by atoms with Crippen molar-refractivity contribution < 1.29 is 4.39 Å². The Balaban J connectivity index is 1.67. The first kappa shape index (κ1) is 9.45. The van der Waals surface area contributed by atoms with Crippen molar-refractivity contribution >= 4 is 0 Å². The predicted molar refractivity (Wildman–Crippen MR) is 52.5 cm³/mol. The number of rotatable bonds is 2. The summed E-state index contributed by atoms with van der Waals surface area (Å²) in [6.45, 7) is 2.58. The highest BCUT2D eigenvalue weighted by Crippen LogP contribution is 2.25. The summed E-state index contributed by atoms with van der Waals surface area (Å²) in [5, 5.41) is 0. The van der Waals surface area contributed by atoms with E-state index in [9.17, 15) is 4.39 Å². The molecule has 2 fully saturated rings. The fourth-order valence-electron chi connectivity index (χ4n) is 2.57. The summed E-state index contributed by atoms with van der Waals surface area (Å²) in [7, 11) is 0. The van der Waals surface area contributed by atoms with Crippen LogP contribution >= 0.6 is 0 Å². The molecule has 0 aromatic rings. The topological polar surface area (TPSA) is 3.24 Å². The molecule has 0 amide bonds. The summed E-state index contributed by atoms with van der Waals surface area (Å²) in [5.74, 6) is 0.870. The van der Waals surface area contributed by atoms with Crippen molar-refractivity contribution in [3.8, 4) is 0 Å². The van der Waals surface area contributed by atoms with Crippen LogP contribution in [0.25, 0.3) is 0 Å². The molecule has 0 radical (unpaired) electrons. The molecule has 0 atom stereocenters.